The molecule has 1 saturated carbocycles. The van der Waals surface area contributed by atoms with E-state index in [2.05, 4.69) is 0 Å². The first-order chi connectivity index (χ1) is 14.9. The number of carbonyl (C=O) groups excluding carboxylic acids is 1. The molecule has 168 valence electrons. The van der Waals surface area contributed by atoms with Crippen LogP contribution in [0, 0.1) is 5.92 Å². The summed E-state index contributed by atoms with van der Waals surface area (Å²) in [5.41, 5.74) is 6.84. The third kappa shape index (κ3) is 5.44. The Hall–Kier alpha value is -2.42. The summed E-state index contributed by atoms with van der Waals surface area (Å²) in [7, 11) is -1.18. The van der Waals surface area contributed by atoms with Crippen LogP contribution >= 0.6 is 0 Å². The molecule has 0 bridgehead atoms. The summed E-state index contributed by atoms with van der Waals surface area (Å²) in [6.45, 7) is 0.0670. The third-order valence-corrected chi connectivity index (χ3v) is 7.70. The summed E-state index contributed by atoms with van der Waals surface area (Å²) in [6.07, 6.45) is 2.84. The molecule has 0 saturated heterocycles. The molecule has 1 fully saturated rings. The SMILES string of the molecule is COC(=O)[C@@H](C1CCC(N)CC1)N(Cc1ccccc1)S(=O)(=O)c1ccc(OC)cc1. The van der Waals surface area contributed by atoms with E-state index in [4.69, 9.17) is 15.2 Å². The standard InChI is InChI=1S/C23H30N2O5S/c1-29-20-12-14-21(15-13-20)31(27,28)25(16-17-6-4-3-5-7-17)22(23(26)30-2)18-8-10-19(24)11-9-18/h3-7,12-15,18-19,22H,8-11,16,24H2,1-2H3/t18?,19?,22-/m1/s1. The number of esters is 1. The van der Waals surface area contributed by atoms with Crippen molar-refractivity contribution in [1.29, 1.82) is 0 Å². The van der Waals surface area contributed by atoms with E-state index in [0.717, 1.165) is 18.4 Å². The minimum Gasteiger partial charge on any atom is -0.497 e. The van der Waals surface area contributed by atoms with Gasteiger partial charge in [-0.1, -0.05) is 30.3 Å². The van der Waals surface area contributed by atoms with Gasteiger partial charge in [0.15, 0.2) is 0 Å². The Balaban J connectivity index is 2.05. The maximum Gasteiger partial charge on any atom is 0.324 e. The van der Waals surface area contributed by atoms with Crippen LogP contribution in [-0.4, -0.2) is 45.0 Å². The van der Waals surface area contributed by atoms with E-state index in [1.54, 1.807) is 12.1 Å². The van der Waals surface area contributed by atoms with Crippen molar-refractivity contribution in [3.05, 3.63) is 60.2 Å². The van der Waals surface area contributed by atoms with Gasteiger partial charge in [0.25, 0.3) is 0 Å². The molecule has 2 aromatic carbocycles. The van der Waals surface area contributed by atoms with E-state index in [-0.39, 0.29) is 23.4 Å². The lowest BCUT2D eigenvalue weighted by Crippen LogP contribution is -2.50. The lowest BCUT2D eigenvalue weighted by molar-refractivity contribution is -0.147. The first-order valence-corrected chi connectivity index (χ1v) is 11.8. The molecule has 1 aliphatic carbocycles. The molecule has 0 spiro atoms. The first-order valence-electron chi connectivity index (χ1n) is 10.4. The molecular formula is C23H30N2O5S. The van der Waals surface area contributed by atoms with Gasteiger partial charge in [-0.2, -0.15) is 4.31 Å². The van der Waals surface area contributed by atoms with Crippen LogP contribution < -0.4 is 10.5 Å². The predicted octanol–water partition coefficient (Wildman–Crippen LogP) is 2.95. The molecule has 0 unspecified atom stereocenters. The zero-order valence-corrected chi connectivity index (χ0v) is 18.8. The van der Waals surface area contributed by atoms with E-state index < -0.39 is 22.0 Å². The average molecular weight is 447 g/mol. The van der Waals surface area contributed by atoms with Gasteiger partial charge in [0.2, 0.25) is 10.0 Å². The highest BCUT2D eigenvalue weighted by molar-refractivity contribution is 7.89. The van der Waals surface area contributed by atoms with Crippen LogP contribution in [0.5, 0.6) is 5.75 Å². The van der Waals surface area contributed by atoms with Gasteiger partial charge in [-0.15, -0.1) is 0 Å². The Morgan fingerprint density at radius 2 is 1.65 bits per heavy atom. The fourth-order valence-electron chi connectivity index (χ4n) is 4.11. The molecule has 3 rings (SSSR count). The van der Waals surface area contributed by atoms with E-state index in [1.165, 1.54) is 30.7 Å². The smallest absolute Gasteiger partial charge is 0.324 e. The third-order valence-electron chi connectivity index (χ3n) is 5.86. The van der Waals surface area contributed by atoms with Crippen LogP contribution in [0.25, 0.3) is 0 Å². The van der Waals surface area contributed by atoms with Crippen LogP contribution in [0.2, 0.25) is 0 Å². The summed E-state index contributed by atoms with van der Waals surface area (Å²) < 4.78 is 39.0. The minimum absolute atomic E-state index is 0.0670. The summed E-state index contributed by atoms with van der Waals surface area (Å²) >= 11 is 0. The Kier molecular flexibility index (Phi) is 7.69. The minimum atomic E-state index is -4.00. The zero-order valence-electron chi connectivity index (χ0n) is 17.9. The van der Waals surface area contributed by atoms with Crippen molar-refractivity contribution in [3.63, 3.8) is 0 Å². The quantitative estimate of drug-likeness (QED) is 0.626. The van der Waals surface area contributed by atoms with Gasteiger partial charge in [0, 0.05) is 12.6 Å². The highest BCUT2D eigenvalue weighted by Crippen LogP contribution is 2.33. The van der Waals surface area contributed by atoms with Crippen LogP contribution in [0.1, 0.15) is 31.2 Å². The second kappa shape index (κ2) is 10.3. The molecule has 1 atom stereocenters. The fourth-order valence-corrected chi connectivity index (χ4v) is 5.73. The second-order valence-electron chi connectivity index (χ2n) is 7.85. The van der Waals surface area contributed by atoms with E-state index in [1.807, 2.05) is 30.3 Å². The lowest BCUT2D eigenvalue weighted by atomic mass is 9.81. The zero-order chi connectivity index (χ0) is 22.4. The van der Waals surface area contributed by atoms with Gasteiger partial charge in [-0.05, 0) is 61.4 Å². The van der Waals surface area contributed by atoms with Crippen molar-refractivity contribution in [2.45, 2.75) is 49.2 Å². The van der Waals surface area contributed by atoms with Crippen LogP contribution in [0.15, 0.2) is 59.5 Å². The van der Waals surface area contributed by atoms with Crippen molar-refractivity contribution < 1.29 is 22.7 Å². The molecule has 0 heterocycles. The number of hydrogen-bond acceptors (Lipinski definition) is 6. The molecule has 0 aromatic heterocycles. The predicted molar refractivity (Wildman–Crippen MR) is 118 cm³/mol. The Bertz CT molecular complexity index is 955. The average Bonchev–Trinajstić information content (AvgIpc) is 2.80. The van der Waals surface area contributed by atoms with Gasteiger partial charge >= 0.3 is 5.97 Å². The van der Waals surface area contributed by atoms with E-state index in [0.29, 0.717) is 18.6 Å². The molecular weight excluding hydrogens is 416 g/mol. The maximum absolute atomic E-state index is 13.8. The molecule has 0 amide bonds. The molecule has 0 aliphatic heterocycles. The Labute approximate surface area is 184 Å². The first kappa shape index (κ1) is 23.2. The Morgan fingerprint density at radius 1 is 1.03 bits per heavy atom. The molecule has 1 aliphatic rings. The number of nitrogens with two attached hydrogens (primary N) is 1. The molecule has 7 nitrogen and oxygen atoms in total. The van der Waals surface area contributed by atoms with Crippen molar-refractivity contribution in [2.75, 3.05) is 14.2 Å². The van der Waals surface area contributed by atoms with Gasteiger partial charge in [0.05, 0.1) is 19.1 Å². The topological polar surface area (TPSA) is 98.9 Å². The maximum atomic E-state index is 13.8. The molecule has 2 N–H and O–H groups in total. The largest absolute Gasteiger partial charge is 0.497 e. The van der Waals surface area contributed by atoms with Gasteiger partial charge < -0.3 is 15.2 Å². The molecule has 31 heavy (non-hydrogen) atoms. The van der Waals surface area contributed by atoms with Gasteiger partial charge in [0.1, 0.15) is 11.8 Å². The monoisotopic (exact) mass is 446 g/mol. The van der Waals surface area contributed by atoms with Crippen molar-refractivity contribution >= 4 is 16.0 Å². The number of ether oxygens (including phenoxy) is 2. The van der Waals surface area contributed by atoms with E-state index in [9.17, 15) is 13.2 Å². The number of nitrogens with zero attached hydrogens (tertiary/aromatic N) is 1. The summed E-state index contributed by atoms with van der Waals surface area (Å²) in [6, 6.07) is 14.6. The molecule has 8 heteroatoms. The number of hydrogen-bond donors (Lipinski definition) is 1. The number of methoxy groups -OCH3 is 2. The van der Waals surface area contributed by atoms with Crippen LogP contribution in [0.3, 0.4) is 0 Å². The normalized spacial score (nSPS) is 20.3. The number of rotatable bonds is 8. The number of carbonyl (C=O) groups is 1. The van der Waals surface area contributed by atoms with Crippen molar-refractivity contribution in [1.82, 2.24) is 4.31 Å². The summed E-state index contributed by atoms with van der Waals surface area (Å²) in [5.74, 6) is -0.156. The number of benzene rings is 2. The number of sulfonamides is 1. The van der Waals surface area contributed by atoms with Crippen molar-refractivity contribution in [3.8, 4) is 5.75 Å². The fraction of sp³-hybridized carbons (Fsp3) is 0.435. The highest BCUT2D eigenvalue weighted by Gasteiger charge is 2.42. The highest BCUT2D eigenvalue weighted by atomic mass is 32.2. The van der Waals surface area contributed by atoms with Crippen molar-refractivity contribution in [2.24, 2.45) is 11.7 Å². The molecule has 0 radical (unpaired) electrons. The lowest BCUT2D eigenvalue weighted by Gasteiger charge is -2.37. The summed E-state index contributed by atoms with van der Waals surface area (Å²) in [4.78, 5) is 13.0. The Morgan fingerprint density at radius 3 is 2.19 bits per heavy atom. The van der Waals surface area contributed by atoms with Crippen LogP contribution in [0.4, 0.5) is 0 Å². The van der Waals surface area contributed by atoms with Crippen LogP contribution in [-0.2, 0) is 26.1 Å². The van der Waals surface area contributed by atoms with E-state index >= 15 is 0 Å². The molecule has 2 aromatic rings. The second-order valence-corrected chi connectivity index (χ2v) is 9.74. The van der Waals surface area contributed by atoms with Gasteiger partial charge in [-0.3, -0.25) is 4.79 Å². The summed E-state index contributed by atoms with van der Waals surface area (Å²) in [5, 5.41) is 0. The van der Waals surface area contributed by atoms with Gasteiger partial charge in [-0.25, -0.2) is 8.42 Å².